The second kappa shape index (κ2) is 2.55. The highest BCUT2D eigenvalue weighted by Gasteiger charge is 2.07. The molecule has 1 aromatic carbocycles. The molecule has 0 aromatic heterocycles. The molecule has 58 valence electrons. The molecule has 2 heteroatoms. The molecule has 0 saturated heterocycles. The van der Waals surface area contributed by atoms with E-state index in [9.17, 15) is 0 Å². The molecule has 11 heavy (non-hydrogen) atoms. The summed E-state index contributed by atoms with van der Waals surface area (Å²) in [6, 6.07) is 6.01. The average Bonchev–Trinajstić information content (AvgIpc) is 2.04. The highest BCUT2D eigenvalue weighted by atomic mass is 16.5. The largest absolute Gasteiger partial charge is 0.399 e. The summed E-state index contributed by atoms with van der Waals surface area (Å²) in [6.45, 7) is 1.58. The van der Waals surface area contributed by atoms with E-state index in [1.54, 1.807) is 0 Å². The summed E-state index contributed by atoms with van der Waals surface area (Å²) < 4.78 is 5.29. The monoisotopic (exact) mass is 149 g/mol. The Labute approximate surface area is 66.0 Å². The van der Waals surface area contributed by atoms with E-state index in [4.69, 9.17) is 10.5 Å². The highest BCUT2D eigenvalue weighted by molar-refractivity contribution is 5.45. The van der Waals surface area contributed by atoms with E-state index in [-0.39, 0.29) is 0 Å². The van der Waals surface area contributed by atoms with Gasteiger partial charge in [-0.3, -0.25) is 0 Å². The van der Waals surface area contributed by atoms with Crippen molar-refractivity contribution in [3.05, 3.63) is 29.3 Å². The molecule has 1 aliphatic heterocycles. The van der Waals surface area contributed by atoms with Crippen LogP contribution in [0.2, 0.25) is 0 Å². The van der Waals surface area contributed by atoms with Crippen LogP contribution < -0.4 is 5.73 Å². The Bertz CT molecular complexity index is 270. The second-order valence-electron chi connectivity index (χ2n) is 2.83. The quantitative estimate of drug-likeness (QED) is 0.565. The molecule has 0 aliphatic carbocycles. The van der Waals surface area contributed by atoms with E-state index in [2.05, 4.69) is 0 Å². The number of nitrogens with two attached hydrogens (primary N) is 1. The second-order valence-corrected chi connectivity index (χ2v) is 2.83. The fraction of sp³-hybridized carbons (Fsp3) is 0.333. The maximum Gasteiger partial charge on any atom is 0.0719 e. The molecule has 0 saturated carbocycles. The number of hydrogen-bond acceptors (Lipinski definition) is 2. The van der Waals surface area contributed by atoms with Crippen LogP contribution in [0, 0.1) is 0 Å². The van der Waals surface area contributed by atoms with Crippen molar-refractivity contribution in [2.75, 3.05) is 12.3 Å². The van der Waals surface area contributed by atoms with Crippen LogP contribution in [0.5, 0.6) is 0 Å². The summed E-state index contributed by atoms with van der Waals surface area (Å²) in [5, 5.41) is 0. The third kappa shape index (κ3) is 1.21. The number of nitrogen functional groups attached to an aromatic ring is 1. The fourth-order valence-electron chi connectivity index (χ4n) is 1.38. The summed E-state index contributed by atoms with van der Waals surface area (Å²) >= 11 is 0. The maximum absolute atomic E-state index is 5.64. The van der Waals surface area contributed by atoms with Crippen LogP contribution in [-0.4, -0.2) is 6.61 Å². The SMILES string of the molecule is Nc1ccc2c(c1)CCOC2. The van der Waals surface area contributed by atoms with Crippen LogP contribution >= 0.6 is 0 Å². The first-order valence-corrected chi connectivity index (χ1v) is 3.81. The number of anilines is 1. The van der Waals surface area contributed by atoms with E-state index in [1.165, 1.54) is 11.1 Å². The van der Waals surface area contributed by atoms with Gasteiger partial charge in [0.05, 0.1) is 13.2 Å². The smallest absolute Gasteiger partial charge is 0.0719 e. The van der Waals surface area contributed by atoms with Gasteiger partial charge < -0.3 is 10.5 Å². The van der Waals surface area contributed by atoms with Crippen molar-refractivity contribution in [2.24, 2.45) is 0 Å². The zero-order valence-electron chi connectivity index (χ0n) is 6.34. The van der Waals surface area contributed by atoms with Gasteiger partial charge in [0.15, 0.2) is 0 Å². The molecular formula is C9H11NO. The summed E-state index contributed by atoms with van der Waals surface area (Å²) in [7, 11) is 0. The molecule has 2 N–H and O–H groups in total. The maximum atomic E-state index is 5.64. The van der Waals surface area contributed by atoms with Crippen LogP contribution in [0.15, 0.2) is 18.2 Å². The van der Waals surface area contributed by atoms with Gasteiger partial charge in [0.2, 0.25) is 0 Å². The van der Waals surface area contributed by atoms with E-state index < -0.39 is 0 Å². The molecule has 0 radical (unpaired) electrons. The molecule has 1 heterocycles. The number of hydrogen-bond donors (Lipinski definition) is 1. The minimum absolute atomic E-state index is 0.746. The molecule has 0 bridgehead atoms. The van der Waals surface area contributed by atoms with E-state index >= 15 is 0 Å². The lowest BCUT2D eigenvalue weighted by molar-refractivity contribution is 0.111. The van der Waals surface area contributed by atoms with Crippen molar-refractivity contribution in [1.29, 1.82) is 0 Å². The molecule has 1 aliphatic rings. The van der Waals surface area contributed by atoms with Gasteiger partial charge >= 0.3 is 0 Å². The first-order valence-electron chi connectivity index (χ1n) is 3.81. The standard InChI is InChI=1S/C9H11NO/c10-9-2-1-8-6-11-4-3-7(8)5-9/h1-2,5H,3-4,6,10H2. The van der Waals surface area contributed by atoms with Gasteiger partial charge in [-0.05, 0) is 29.7 Å². The van der Waals surface area contributed by atoms with Crippen LogP contribution in [-0.2, 0) is 17.8 Å². The van der Waals surface area contributed by atoms with Crippen LogP contribution in [0.3, 0.4) is 0 Å². The third-order valence-electron chi connectivity index (χ3n) is 2.00. The minimum atomic E-state index is 0.746. The Morgan fingerprint density at radius 1 is 1.27 bits per heavy atom. The molecule has 1 aromatic rings. The molecule has 0 spiro atoms. The Hall–Kier alpha value is -1.02. The van der Waals surface area contributed by atoms with Gasteiger partial charge in [-0.2, -0.15) is 0 Å². The van der Waals surface area contributed by atoms with Crippen LogP contribution in [0.1, 0.15) is 11.1 Å². The topological polar surface area (TPSA) is 35.2 Å². The first-order chi connectivity index (χ1) is 5.36. The molecule has 0 unspecified atom stereocenters. The van der Waals surface area contributed by atoms with Gasteiger partial charge in [-0.1, -0.05) is 6.07 Å². The molecule has 2 rings (SSSR count). The van der Waals surface area contributed by atoms with Gasteiger partial charge in [0, 0.05) is 5.69 Å². The number of ether oxygens (including phenoxy) is 1. The summed E-state index contributed by atoms with van der Waals surface area (Å²) in [5.41, 5.74) is 9.12. The average molecular weight is 149 g/mol. The van der Waals surface area contributed by atoms with E-state index in [0.29, 0.717) is 0 Å². The lowest BCUT2D eigenvalue weighted by Gasteiger charge is -2.16. The normalized spacial score (nSPS) is 16.0. The van der Waals surface area contributed by atoms with Crippen molar-refractivity contribution < 1.29 is 4.74 Å². The van der Waals surface area contributed by atoms with Crippen LogP contribution in [0.4, 0.5) is 5.69 Å². The fourth-order valence-corrected chi connectivity index (χ4v) is 1.38. The van der Waals surface area contributed by atoms with E-state index in [0.717, 1.165) is 25.3 Å². The Morgan fingerprint density at radius 2 is 2.18 bits per heavy atom. The van der Waals surface area contributed by atoms with Crippen molar-refractivity contribution >= 4 is 5.69 Å². The zero-order chi connectivity index (χ0) is 7.68. The van der Waals surface area contributed by atoms with Gasteiger partial charge in [-0.25, -0.2) is 0 Å². The van der Waals surface area contributed by atoms with Gasteiger partial charge in [-0.15, -0.1) is 0 Å². The third-order valence-corrected chi connectivity index (χ3v) is 2.00. The lowest BCUT2D eigenvalue weighted by Crippen LogP contribution is -2.09. The van der Waals surface area contributed by atoms with Crippen molar-refractivity contribution in [3.8, 4) is 0 Å². The van der Waals surface area contributed by atoms with Crippen molar-refractivity contribution in [3.63, 3.8) is 0 Å². The number of benzene rings is 1. The molecule has 2 nitrogen and oxygen atoms in total. The lowest BCUT2D eigenvalue weighted by atomic mass is 10.0. The molecule has 0 atom stereocenters. The predicted molar refractivity (Wildman–Crippen MR) is 44.2 cm³/mol. The van der Waals surface area contributed by atoms with Crippen molar-refractivity contribution in [2.45, 2.75) is 13.0 Å². The minimum Gasteiger partial charge on any atom is -0.399 e. The van der Waals surface area contributed by atoms with E-state index in [1.807, 2.05) is 18.2 Å². The zero-order valence-corrected chi connectivity index (χ0v) is 6.34. The Balaban J connectivity index is 2.43. The first kappa shape index (κ1) is 6.68. The Morgan fingerprint density at radius 3 is 3.09 bits per heavy atom. The van der Waals surface area contributed by atoms with Gasteiger partial charge in [0.1, 0.15) is 0 Å². The molecular weight excluding hydrogens is 138 g/mol. The summed E-state index contributed by atoms with van der Waals surface area (Å²) in [4.78, 5) is 0. The van der Waals surface area contributed by atoms with Gasteiger partial charge in [0.25, 0.3) is 0 Å². The predicted octanol–water partition coefficient (Wildman–Crippen LogP) is 1.34. The summed E-state index contributed by atoms with van der Waals surface area (Å²) in [5.74, 6) is 0. The Kier molecular flexibility index (Phi) is 1.55. The molecule has 0 amide bonds. The number of rotatable bonds is 0. The van der Waals surface area contributed by atoms with Crippen LogP contribution in [0.25, 0.3) is 0 Å². The van der Waals surface area contributed by atoms with Crippen molar-refractivity contribution in [1.82, 2.24) is 0 Å². The summed E-state index contributed by atoms with van der Waals surface area (Å²) in [6.07, 6.45) is 1.00. The molecule has 0 fully saturated rings. The highest BCUT2D eigenvalue weighted by Crippen LogP contribution is 2.18. The number of fused-ring (bicyclic) bond motifs is 1.